The number of fused-ring (bicyclic) bond motifs is 1. The van der Waals surface area contributed by atoms with Crippen LogP contribution in [-0.2, 0) is 4.79 Å². The Hall–Kier alpha value is -3.19. The van der Waals surface area contributed by atoms with Crippen LogP contribution in [0.3, 0.4) is 0 Å². The molecule has 1 unspecified atom stereocenters. The molecule has 156 valence electrons. The van der Waals surface area contributed by atoms with Crippen molar-refractivity contribution in [3.63, 3.8) is 0 Å². The second kappa shape index (κ2) is 8.67. The average molecular weight is 407 g/mol. The fraction of sp³-hybridized carbons (Fsp3) is 0.348. The molecule has 0 saturated heterocycles. The highest BCUT2D eigenvalue weighted by molar-refractivity contribution is 5.94. The molecule has 1 aliphatic rings. The molecule has 1 fully saturated rings. The zero-order valence-corrected chi connectivity index (χ0v) is 16.9. The number of oxazole rings is 1. The summed E-state index contributed by atoms with van der Waals surface area (Å²) in [6.45, 7) is 0.195. The first-order chi connectivity index (χ1) is 14.6. The van der Waals surface area contributed by atoms with E-state index in [1.807, 2.05) is 36.4 Å². The van der Waals surface area contributed by atoms with E-state index in [1.165, 1.54) is 0 Å². The summed E-state index contributed by atoms with van der Waals surface area (Å²) in [7, 11) is 1.79. The molecule has 0 aliphatic heterocycles. The number of carbonyl (C=O) groups is 2. The number of nitrogens with one attached hydrogen (secondary N) is 1. The van der Waals surface area contributed by atoms with Crippen LogP contribution in [0.4, 0.5) is 0 Å². The quantitative estimate of drug-likeness (QED) is 0.655. The number of benzene rings is 2. The number of hydrogen-bond donors (Lipinski definition) is 2. The lowest BCUT2D eigenvalue weighted by Crippen LogP contribution is -2.37. The fourth-order valence-corrected chi connectivity index (χ4v) is 3.99. The first-order valence-corrected chi connectivity index (χ1v) is 10.2. The number of rotatable bonds is 6. The number of hydrogen-bond acceptors (Lipinski definition) is 5. The monoisotopic (exact) mass is 407 g/mol. The van der Waals surface area contributed by atoms with Gasteiger partial charge in [0.2, 0.25) is 11.8 Å². The first kappa shape index (κ1) is 20.1. The molecule has 1 aliphatic carbocycles. The number of para-hydroxylation sites is 2. The van der Waals surface area contributed by atoms with E-state index in [4.69, 9.17) is 9.52 Å². The Morgan fingerprint density at radius 3 is 2.67 bits per heavy atom. The van der Waals surface area contributed by atoms with Gasteiger partial charge in [0.25, 0.3) is 5.91 Å². The zero-order chi connectivity index (χ0) is 21.1. The van der Waals surface area contributed by atoms with Gasteiger partial charge in [0.05, 0.1) is 6.61 Å². The number of aliphatic hydroxyl groups is 1. The van der Waals surface area contributed by atoms with Crippen molar-refractivity contribution in [2.24, 2.45) is 5.92 Å². The van der Waals surface area contributed by atoms with Crippen molar-refractivity contribution >= 4 is 22.9 Å². The minimum atomic E-state index is -0.113. The molecular weight excluding hydrogens is 382 g/mol. The van der Waals surface area contributed by atoms with Gasteiger partial charge in [0.15, 0.2) is 5.58 Å². The molecule has 3 aromatic rings. The summed E-state index contributed by atoms with van der Waals surface area (Å²) in [6.07, 6.45) is 2.18. The van der Waals surface area contributed by atoms with Crippen molar-refractivity contribution in [3.8, 4) is 11.5 Å². The van der Waals surface area contributed by atoms with Gasteiger partial charge >= 0.3 is 0 Å². The van der Waals surface area contributed by atoms with E-state index in [-0.39, 0.29) is 36.9 Å². The molecule has 0 bridgehead atoms. The van der Waals surface area contributed by atoms with Gasteiger partial charge in [-0.05, 0) is 55.7 Å². The molecule has 0 spiro atoms. The maximum atomic E-state index is 12.9. The van der Waals surface area contributed by atoms with E-state index in [9.17, 15) is 9.59 Å². The lowest BCUT2D eigenvalue weighted by Gasteiger charge is -2.25. The second-order valence-corrected chi connectivity index (χ2v) is 7.66. The average Bonchev–Trinajstić information content (AvgIpc) is 3.44. The lowest BCUT2D eigenvalue weighted by molar-refractivity contribution is -0.125. The summed E-state index contributed by atoms with van der Waals surface area (Å²) in [4.78, 5) is 31.2. The van der Waals surface area contributed by atoms with Gasteiger partial charge in [-0.2, -0.15) is 0 Å². The molecule has 2 amide bonds. The Labute approximate surface area is 174 Å². The predicted octanol–water partition coefficient (Wildman–Crippen LogP) is 2.84. The maximum absolute atomic E-state index is 12.9. The van der Waals surface area contributed by atoms with E-state index in [2.05, 4.69) is 10.3 Å². The van der Waals surface area contributed by atoms with Gasteiger partial charge < -0.3 is 19.7 Å². The van der Waals surface area contributed by atoms with Crippen LogP contribution >= 0.6 is 0 Å². The second-order valence-electron chi connectivity index (χ2n) is 7.66. The summed E-state index contributed by atoms with van der Waals surface area (Å²) >= 11 is 0. The van der Waals surface area contributed by atoms with Gasteiger partial charge in [-0.25, -0.2) is 4.98 Å². The van der Waals surface area contributed by atoms with E-state index in [0.29, 0.717) is 17.9 Å². The van der Waals surface area contributed by atoms with E-state index in [1.54, 1.807) is 24.1 Å². The molecule has 2 aromatic carbocycles. The highest BCUT2D eigenvalue weighted by atomic mass is 16.3. The summed E-state index contributed by atoms with van der Waals surface area (Å²) in [5.74, 6) is 0.296. The summed E-state index contributed by atoms with van der Waals surface area (Å²) in [5, 5.41) is 11.6. The van der Waals surface area contributed by atoms with Gasteiger partial charge in [0, 0.05) is 36.7 Å². The Morgan fingerprint density at radius 1 is 1.17 bits per heavy atom. The number of nitrogens with zero attached hydrogens (tertiary/aromatic N) is 2. The van der Waals surface area contributed by atoms with Crippen molar-refractivity contribution in [1.82, 2.24) is 15.2 Å². The van der Waals surface area contributed by atoms with Crippen LogP contribution in [0, 0.1) is 5.92 Å². The normalized spacial score (nSPS) is 18.5. The third-order valence-electron chi connectivity index (χ3n) is 5.73. The van der Waals surface area contributed by atoms with Crippen molar-refractivity contribution < 1.29 is 19.1 Å². The van der Waals surface area contributed by atoms with Crippen molar-refractivity contribution in [1.29, 1.82) is 0 Å². The van der Waals surface area contributed by atoms with Crippen LogP contribution in [0.2, 0.25) is 0 Å². The lowest BCUT2D eigenvalue weighted by atomic mass is 10.1. The van der Waals surface area contributed by atoms with Crippen molar-refractivity contribution in [2.75, 3.05) is 20.2 Å². The Kier molecular flexibility index (Phi) is 5.81. The van der Waals surface area contributed by atoms with Crippen molar-refractivity contribution in [2.45, 2.75) is 25.3 Å². The van der Waals surface area contributed by atoms with E-state index < -0.39 is 0 Å². The van der Waals surface area contributed by atoms with Crippen LogP contribution < -0.4 is 5.32 Å². The van der Waals surface area contributed by atoms with Crippen LogP contribution in [0.1, 0.15) is 29.6 Å². The molecule has 7 heteroatoms. The molecule has 4 rings (SSSR count). The van der Waals surface area contributed by atoms with Crippen LogP contribution in [0.15, 0.2) is 52.9 Å². The number of aromatic nitrogens is 1. The molecule has 7 nitrogen and oxygen atoms in total. The van der Waals surface area contributed by atoms with E-state index in [0.717, 1.165) is 29.5 Å². The number of carbonyl (C=O) groups excluding carboxylic acids is 2. The topological polar surface area (TPSA) is 95.7 Å². The van der Waals surface area contributed by atoms with Gasteiger partial charge in [-0.1, -0.05) is 12.1 Å². The smallest absolute Gasteiger partial charge is 0.253 e. The predicted molar refractivity (Wildman–Crippen MR) is 113 cm³/mol. The van der Waals surface area contributed by atoms with E-state index >= 15 is 0 Å². The first-order valence-electron chi connectivity index (χ1n) is 10.2. The maximum Gasteiger partial charge on any atom is 0.253 e. The molecule has 0 radical (unpaired) electrons. The van der Waals surface area contributed by atoms with Gasteiger partial charge in [-0.3, -0.25) is 9.59 Å². The van der Waals surface area contributed by atoms with Gasteiger partial charge in [-0.15, -0.1) is 0 Å². The van der Waals surface area contributed by atoms with Crippen LogP contribution in [0.25, 0.3) is 22.6 Å². The van der Waals surface area contributed by atoms with Gasteiger partial charge in [0.1, 0.15) is 5.52 Å². The molecule has 30 heavy (non-hydrogen) atoms. The molecule has 1 saturated carbocycles. The largest absolute Gasteiger partial charge is 0.436 e. The fourth-order valence-electron chi connectivity index (χ4n) is 3.99. The van der Waals surface area contributed by atoms with Crippen LogP contribution in [-0.4, -0.2) is 53.0 Å². The van der Waals surface area contributed by atoms with Crippen molar-refractivity contribution in [3.05, 3.63) is 54.1 Å². The minimum Gasteiger partial charge on any atom is -0.436 e. The summed E-state index contributed by atoms with van der Waals surface area (Å²) < 4.78 is 5.79. The summed E-state index contributed by atoms with van der Waals surface area (Å²) in [6, 6.07) is 14.9. The highest BCUT2D eigenvalue weighted by Crippen LogP contribution is 2.30. The van der Waals surface area contributed by atoms with Crippen LogP contribution in [0.5, 0.6) is 0 Å². The molecular formula is C23H25N3O4. The SMILES string of the molecule is CN(C(=O)c1ccc(-c2nc3ccccc3o2)cc1)C1CC[C@H](C(=O)NCCO)C1. The standard InChI is InChI=1S/C23H25N3O4/c1-26(18-11-10-17(14-18)21(28)24-12-13-27)23(29)16-8-6-15(7-9-16)22-25-19-4-2-3-5-20(19)30-22/h2-9,17-18,27H,10-14H2,1H3,(H,24,28)/t17-,18?/m0/s1. The third-order valence-corrected chi connectivity index (χ3v) is 5.73. The summed E-state index contributed by atoms with van der Waals surface area (Å²) in [5.41, 5.74) is 2.93. The molecule has 1 heterocycles. The number of aliphatic hydroxyl groups excluding tert-OH is 1. The Balaban J connectivity index is 1.41. The number of amides is 2. The zero-order valence-electron chi connectivity index (χ0n) is 16.9. The third kappa shape index (κ3) is 4.07. The Bertz CT molecular complexity index is 1010. The molecule has 2 atom stereocenters. The highest BCUT2D eigenvalue weighted by Gasteiger charge is 2.33. The minimum absolute atomic E-state index is 0.0269. The molecule has 2 N–H and O–H groups in total. The molecule has 1 aromatic heterocycles. The Morgan fingerprint density at radius 2 is 1.93 bits per heavy atom.